The number of hydrogen-bond acceptors (Lipinski definition) is 2. The number of rotatable bonds is 3. The minimum atomic E-state index is 0.529. The number of thiocarbonyl (C=S) groups is 1. The van der Waals surface area contributed by atoms with Gasteiger partial charge in [-0.1, -0.05) is 12.5 Å². The van der Waals surface area contributed by atoms with Crippen LogP contribution in [0.2, 0.25) is 0 Å². The van der Waals surface area contributed by atoms with Crippen LogP contribution < -0.4 is 10.6 Å². The van der Waals surface area contributed by atoms with Crippen LogP contribution in [0.5, 0.6) is 0 Å². The van der Waals surface area contributed by atoms with Gasteiger partial charge in [-0.3, -0.25) is 4.90 Å². The van der Waals surface area contributed by atoms with Crippen LogP contribution in [-0.4, -0.2) is 34.2 Å². The Morgan fingerprint density at radius 2 is 1.71 bits per heavy atom. The lowest BCUT2D eigenvalue weighted by Crippen LogP contribution is -2.57. The molecular formula is C20H29N3S. The zero-order chi connectivity index (χ0) is 16.7. The summed E-state index contributed by atoms with van der Waals surface area (Å²) in [5, 5.41) is 7.76. The van der Waals surface area contributed by atoms with Gasteiger partial charge in [0.05, 0.1) is 0 Å². The molecule has 2 bridgehead atoms. The van der Waals surface area contributed by atoms with Crippen molar-refractivity contribution in [3.05, 3.63) is 29.3 Å². The van der Waals surface area contributed by atoms with Gasteiger partial charge in [-0.2, -0.15) is 0 Å². The number of nitrogens with one attached hydrogen (secondary N) is 2. The van der Waals surface area contributed by atoms with E-state index in [9.17, 15) is 0 Å². The van der Waals surface area contributed by atoms with E-state index < -0.39 is 0 Å². The van der Waals surface area contributed by atoms with Crippen LogP contribution in [0.1, 0.15) is 56.1 Å². The van der Waals surface area contributed by atoms with Crippen LogP contribution in [-0.2, 0) is 0 Å². The first kappa shape index (κ1) is 16.3. The molecule has 3 nitrogen and oxygen atoms in total. The Morgan fingerprint density at radius 1 is 1.00 bits per heavy atom. The van der Waals surface area contributed by atoms with E-state index in [1.54, 1.807) is 0 Å². The third-order valence-electron chi connectivity index (χ3n) is 6.10. The Kier molecular flexibility index (Phi) is 4.52. The van der Waals surface area contributed by atoms with Crippen LogP contribution in [0.4, 0.5) is 5.69 Å². The molecule has 0 spiro atoms. The SMILES string of the molecule is Cc1ccc(NC(=S)NC2C[C@@H]3CCC[C@@H](C2)N3C2CC2)cc1C. The van der Waals surface area contributed by atoms with Crippen LogP contribution in [0.25, 0.3) is 0 Å². The predicted octanol–water partition coefficient (Wildman–Crippen LogP) is 4.14. The summed E-state index contributed by atoms with van der Waals surface area (Å²) in [5.74, 6) is 0. The highest BCUT2D eigenvalue weighted by Gasteiger charge is 2.44. The van der Waals surface area contributed by atoms with Crippen molar-refractivity contribution in [3.63, 3.8) is 0 Å². The maximum absolute atomic E-state index is 5.58. The van der Waals surface area contributed by atoms with Gasteiger partial charge in [0.25, 0.3) is 0 Å². The number of fused-ring (bicyclic) bond motifs is 2. The first-order valence-electron chi connectivity index (χ1n) is 9.52. The van der Waals surface area contributed by atoms with Gasteiger partial charge in [0.2, 0.25) is 0 Å². The third-order valence-corrected chi connectivity index (χ3v) is 6.32. The zero-order valence-corrected chi connectivity index (χ0v) is 15.7. The van der Waals surface area contributed by atoms with Crippen molar-refractivity contribution in [1.29, 1.82) is 0 Å². The molecule has 2 atom stereocenters. The fourth-order valence-electron chi connectivity index (χ4n) is 4.68. The molecular weight excluding hydrogens is 314 g/mol. The number of nitrogens with zero attached hydrogens (tertiary/aromatic N) is 1. The van der Waals surface area contributed by atoms with Crippen molar-refractivity contribution in [2.45, 2.75) is 83.0 Å². The number of anilines is 1. The summed E-state index contributed by atoms with van der Waals surface area (Å²) in [6, 6.07) is 9.44. The number of aryl methyl sites for hydroxylation is 2. The number of piperidine rings is 2. The van der Waals surface area contributed by atoms with Gasteiger partial charge in [0, 0.05) is 29.9 Å². The summed E-state index contributed by atoms with van der Waals surface area (Å²) in [5.41, 5.74) is 3.71. The van der Waals surface area contributed by atoms with Crippen molar-refractivity contribution in [3.8, 4) is 0 Å². The Balaban J connectivity index is 1.35. The highest BCUT2D eigenvalue weighted by molar-refractivity contribution is 7.80. The lowest BCUT2D eigenvalue weighted by Gasteiger charge is -2.49. The van der Waals surface area contributed by atoms with E-state index in [0.717, 1.165) is 28.9 Å². The van der Waals surface area contributed by atoms with Gasteiger partial charge in [-0.15, -0.1) is 0 Å². The van der Waals surface area contributed by atoms with E-state index in [1.165, 1.54) is 56.1 Å². The Bertz CT molecular complexity index is 611. The average molecular weight is 344 g/mol. The van der Waals surface area contributed by atoms with Gasteiger partial charge in [0.15, 0.2) is 5.11 Å². The summed E-state index contributed by atoms with van der Waals surface area (Å²) >= 11 is 5.58. The van der Waals surface area contributed by atoms with E-state index in [0.29, 0.717) is 6.04 Å². The van der Waals surface area contributed by atoms with Gasteiger partial charge in [-0.05, 0) is 87.8 Å². The normalized spacial score (nSPS) is 30.0. The van der Waals surface area contributed by atoms with Gasteiger partial charge in [0.1, 0.15) is 0 Å². The molecule has 2 aliphatic heterocycles. The molecule has 4 rings (SSSR count). The Morgan fingerprint density at radius 3 is 2.33 bits per heavy atom. The molecule has 4 heteroatoms. The molecule has 0 aromatic heterocycles. The summed E-state index contributed by atoms with van der Waals surface area (Å²) in [6.07, 6.45) is 9.53. The third kappa shape index (κ3) is 3.45. The summed E-state index contributed by atoms with van der Waals surface area (Å²) < 4.78 is 0. The van der Waals surface area contributed by atoms with E-state index in [2.05, 4.69) is 47.6 Å². The quantitative estimate of drug-likeness (QED) is 0.807. The maximum atomic E-state index is 5.58. The molecule has 2 heterocycles. The van der Waals surface area contributed by atoms with E-state index in [1.807, 2.05) is 0 Å². The van der Waals surface area contributed by atoms with E-state index >= 15 is 0 Å². The fraction of sp³-hybridized carbons (Fsp3) is 0.650. The van der Waals surface area contributed by atoms with Gasteiger partial charge >= 0.3 is 0 Å². The van der Waals surface area contributed by atoms with Crippen LogP contribution in [0.15, 0.2) is 18.2 Å². The van der Waals surface area contributed by atoms with Gasteiger partial charge in [-0.25, -0.2) is 0 Å². The number of hydrogen-bond donors (Lipinski definition) is 2. The van der Waals surface area contributed by atoms with Crippen molar-refractivity contribution in [2.24, 2.45) is 0 Å². The van der Waals surface area contributed by atoms with Gasteiger partial charge < -0.3 is 10.6 Å². The summed E-state index contributed by atoms with van der Waals surface area (Å²) in [4.78, 5) is 2.86. The van der Waals surface area contributed by atoms with Crippen LogP contribution >= 0.6 is 12.2 Å². The predicted molar refractivity (Wildman–Crippen MR) is 105 cm³/mol. The molecule has 1 aromatic rings. The minimum Gasteiger partial charge on any atom is -0.360 e. The maximum Gasteiger partial charge on any atom is 0.170 e. The average Bonchev–Trinajstić information content (AvgIpc) is 3.34. The molecule has 1 aromatic carbocycles. The molecule has 1 saturated carbocycles. The van der Waals surface area contributed by atoms with E-state index in [-0.39, 0.29) is 0 Å². The van der Waals surface area contributed by atoms with Crippen molar-refractivity contribution in [2.75, 3.05) is 5.32 Å². The first-order chi connectivity index (χ1) is 11.6. The highest BCUT2D eigenvalue weighted by Crippen LogP contribution is 2.41. The second-order valence-electron chi connectivity index (χ2n) is 7.98. The summed E-state index contributed by atoms with van der Waals surface area (Å²) in [6.45, 7) is 4.29. The number of benzene rings is 1. The molecule has 0 unspecified atom stereocenters. The van der Waals surface area contributed by atoms with Crippen molar-refractivity contribution in [1.82, 2.24) is 10.2 Å². The second kappa shape index (κ2) is 6.64. The molecule has 3 aliphatic rings. The lowest BCUT2D eigenvalue weighted by atomic mass is 9.81. The molecule has 0 radical (unpaired) electrons. The van der Waals surface area contributed by atoms with Crippen LogP contribution in [0, 0.1) is 13.8 Å². The molecule has 0 amide bonds. The van der Waals surface area contributed by atoms with Crippen LogP contribution in [0.3, 0.4) is 0 Å². The molecule has 130 valence electrons. The molecule has 1 aliphatic carbocycles. The highest BCUT2D eigenvalue weighted by atomic mass is 32.1. The zero-order valence-electron chi connectivity index (χ0n) is 14.8. The topological polar surface area (TPSA) is 27.3 Å². The Hall–Kier alpha value is -1.13. The smallest absolute Gasteiger partial charge is 0.170 e. The monoisotopic (exact) mass is 343 g/mol. The second-order valence-corrected chi connectivity index (χ2v) is 8.39. The largest absolute Gasteiger partial charge is 0.360 e. The molecule has 24 heavy (non-hydrogen) atoms. The molecule has 3 fully saturated rings. The standard InChI is InChI=1S/C20H29N3S/c1-13-6-7-15(10-14(13)2)21-20(24)22-16-11-18-4-3-5-19(12-16)23(18)17-8-9-17/h6-7,10,16-19H,3-5,8-9,11-12H2,1-2H3,(H2,21,22,24)/t18-,19-/m0/s1. The van der Waals surface area contributed by atoms with Crippen molar-refractivity contribution >= 4 is 23.0 Å². The molecule has 2 saturated heterocycles. The fourth-order valence-corrected chi connectivity index (χ4v) is 4.96. The molecule has 2 N–H and O–H groups in total. The first-order valence-corrected chi connectivity index (χ1v) is 9.93. The lowest BCUT2D eigenvalue weighted by molar-refractivity contribution is 0.0209. The van der Waals surface area contributed by atoms with E-state index in [4.69, 9.17) is 12.2 Å². The minimum absolute atomic E-state index is 0.529. The van der Waals surface area contributed by atoms with Crippen molar-refractivity contribution < 1.29 is 0 Å². The summed E-state index contributed by atoms with van der Waals surface area (Å²) in [7, 11) is 0. The Labute approximate surface area is 151 Å².